The highest BCUT2D eigenvalue weighted by atomic mass is 16.3. The van der Waals surface area contributed by atoms with Crippen molar-refractivity contribution in [2.24, 2.45) is 5.73 Å². The van der Waals surface area contributed by atoms with E-state index in [2.05, 4.69) is 10.3 Å². The van der Waals surface area contributed by atoms with E-state index in [-0.39, 0.29) is 11.9 Å². The second-order valence-corrected chi connectivity index (χ2v) is 4.79. The topological polar surface area (TPSA) is 97.3 Å². The maximum Gasteiger partial charge on any atom is 0.241 e. The van der Waals surface area contributed by atoms with E-state index in [0.29, 0.717) is 18.7 Å². The number of aliphatic hydroxyl groups is 1. The summed E-state index contributed by atoms with van der Waals surface area (Å²) in [6.07, 6.45) is 3.08. The number of nitrogens with two attached hydrogens (primary N) is 1. The molecule has 0 saturated carbocycles. The van der Waals surface area contributed by atoms with Crippen molar-refractivity contribution >= 4 is 5.91 Å². The summed E-state index contributed by atoms with van der Waals surface area (Å²) in [5.41, 5.74) is 4.83. The molecule has 7 nitrogen and oxygen atoms in total. The van der Waals surface area contributed by atoms with Crippen LogP contribution in [-0.2, 0) is 10.4 Å². The summed E-state index contributed by atoms with van der Waals surface area (Å²) < 4.78 is 0. The number of aromatic nitrogens is 3. The molecule has 1 fully saturated rings. The van der Waals surface area contributed by atoms with Gasteiger partial charge in [0.05, 0.1) is 6.20 Å². The van der Waals surface area contributed by atoms with Crippen LogP contribution in [0.1, 0.15) is 32.4 Å². The number of hydrogen-bond acceptors (Lipinski definition) is 5. The van der Waals surface area contributed by atoms with Crippen LogP contribution in [0.4, 0.5) is 0 Å². The van der Waals surface area contributed by atoms with Crippen molar-refractivity contribution < 1.29 is 9.90 Å². The number of hydrogen-bond donors (Lipinski definition) is 2. The first kappa shape index (κ1) is 11.8. The van der Waals surface area contributed by atoms with Crippen LogP contribution in [0.5, 0.6) is 0 Å². The Hall–Kier alpha value is -1.63. The average molecular weight is 239 g/mol. The van der Waals surface area contributed by atoms with Crippen molar-refractivity contribution in [3.63, 3.8) is 0 Å². The molecule has 1 amide bonds. The van der Waals surface area contributed by atoms with E-state index in [1.165, 1.54) is 11.0 Å². The average Bonchev–Trinajstić information content (AvgIpc) is 2.84. The van der Waals surface area contributed by atoms with E-state index in [4.69, 9.17) is 5.73 Å². The molecule has 1 aromatic heterocycles. The predicted molar refractivity (Wildman–Crippen MR) is 60.6 cm³/mol. The lowest BCUT2D eigenvalue weighted by Gasteiger charge is -2.28. The number of carbonyl (C=O) groups excluding carboxylic acids is 1. The first-order valence-electron chi connectivity index (χ1n) is 5.61. The van der Waals surface area contributed by atoms with Crippen molar-refractivity contribution in [3.8, 4) is 0 Å². The molecule has 94 valence electrons. The highest BCUT2D eigenvalue weighted by Crippen LogP contribution is 2.22. The van der Waals surface area contributed by atoms with Crippen molar-refractivity contribution in [2.45, 2.75) is 38.3 Å². The van der Waals surface area contributed by atoms with Gasteiger partial charge in [0.15, 0.2) is 0 Å². The lowest BCUT2D eigenvalue weighted by atomic mass is 10.1. The van der Waals surface area contributed by atoms with Gasteiger partial charge in [-0.15, -0.1) is 5.10 Å². The number of primary amides is 1. The zero-order chi connectivity index (χ0) is 12.6. The summed E-state index contributed by atoms with van der Waals surface area (Å²) in [5.74, 6) is -0.375. The van der Waals surface area contributed by atoms with Gasteiger partial charge in [-0.05, 0) is 31.9 Å². The van der Waals surface area contributed by atoms with Crippen LogP contribution < -0.4 is 10.7 Å². The van der Waals surface area contributed by atoms with E-state index in [1.807, 2.05) is 0 Å². The number of carbonyl (C=O) groups is 1. The molecule has 7 heteroatoms. The van der Waals surface area contributed by atoms with Gasteiger partial charge in [0.25, 0.3) is 0 Å². The van der Waals surface area contributed by atoms with Gasteiger partial charge in [-0.2, -0.15) is 4.79 Å². The fourth-order valence-electron chi connectivity index (χ4n) is 2.09. The van der Waals surface area contributed by atoms with Gasteiger partial charge in [-0.25, -0.2) is 0 Å². The molecule has 2 rings (SSSR count). The second-order valence-electron chi connectivity index (χ2n) is 4.79. The summed E-state index contributed by atoms with van der Waals surface area (Å²) in [6, 6.07) is -0.377. The highest BCUT2D eigenvalue weighted by molar-refractivity contribution is 5.82. The minimum absolute atomic E-state index is 0.375. The minimum Gasteiger partial charge on any atom is -0.384 e. The Morgan fingerprint density at radius 2 is 2.35 bits per heavy atom. The first-order valence-corrected chi connectivity index (χ1v) is 5.61. The lowest BCUT2D eigenvalue weighted by molar-refractivity contribution is -0.119. The Labute approximate surface area is 99.2 Å². The highest BCUT2D eigenvalue weighted by Gasteiger charge is 2.33. The van der Waals surface area contributed by atoms with Gasteiger partial charge in [0.1, 0.15) is 17.3 Å². The zero-order valence-electron chi connectivity index (χ0n) is 10.00. The Kier molecular flexibility index (Phi) is 2.78. The fourth-order valence-corrected chi connectivity index (χ4v) is 2.09. The van der Waals surface area contributed by atoms with Crippen LogP contribution in [0, 0.1) is 0 Å². The summed E-state index contributed by atoms with van der Waals surface area (Å²) in [6.45, 7) is 3.98. The van der Waals surface area contributed by atoms with Crippen molar-refractivity contribution in [3.05, 3.63) is 11.9 Å². The minimum atomic E-state index is -1.06. The molecule has 1 saturated heterocycles. The van der Waals surface area contributed by atoms with Gasteiger partial charge < -0.3 is 10.8 Å². The van der Waals surface area contributed by atoms with Crippen LogP contribution >= 0.6 is 0 Å². The quantitative estimate of drug-likeness (QED) is 0.711. The van der Waals surface area contributed by atoms with Crippen LogP contribution in [0.15, 0.2) is 6.20 Å². The molecule has 17 heavy (non-hydrogen) atoms. The molecule has 1 unspecified atom stereocenters. The normalized spacial score (nSPS) is 20.9. The van der Waals surface area contributed by atoms with Crippen molar-refractivity contribution in [1.82, 2.24) is 15.1 Å². The van der Waals surface area contributed by atoms with Crippen LogP contribution in [0.2, 0.25) is 0 Å². The van der Waals surface area contributed by atoms with E-state index >= 15 is 0 Å². The molecule has 0 aromatic carbocycles. The third kappa shape index (κ3) is 2.10. The Morgan fingerprint density at radius 1 is 1.65 bits per heavy atom. The number of nitrogens with zero attached hydrogens (tertiary/aromatic N) is 4. The van der Waals surface area contributed by atoms with E-state index < -0.39 is 5.60 Å². The maximum atomic E-state index is 11.3. The Bertz CT molecular complexity index is 423. The van der Waals surface area contributed by atoms with E-state index in [9.17, 15) is 9.90 Å². The summed E-state index contributed by atoms with van der Waals surface area (Å²) in [7, 11) is 0. The largest absolute Gasteiger partial charge is 0.384 e. The molecule has 0 bridgehead atoms. The van der Waals surface area contributed by atoms with Gasteiger partial charge in [-0.3, -0.25) is 9.80 Å². The van der Waals surface area contributed by atoms with Crippen molar-refractivity contribution in [2.75, 3.05) is 11.6 Å². The van der Waals surface area contributed by atoms with Crippen LogP contribution in [0.25, 0.3) is 0 Å². The van der Waals surface area contributed by atoms with E-state index in [1.54, 1.807) is 18.9 Å². The van der Waals surface area contributed by atoms with Crippen LogP contribution in [-0.4, -0.2) is 38.7 Å². The Balaban J connectivity index is 2.34. The summed E-state index contributed by atoms with van der Waals surface area (Å²) >= 11 is 0. The number of amides is 1. The Morgan fingerprint density at radius 3 is 2.94 bits per heavy atom. The smallest absolute Gasteiger partial charge is 0.241 e. The van der Waals surface area contributed by atoms with Crippen LogP contribution in [0.3, 0.4) is 0 Å². The third-order valence-corrected chi connectivity index (χ3v) is 2.95. The molecule has 0 spiro atoms. The maximum absolute atomic E-state index is 11.3. The van der Waals surface area contributed by atoms with Crippen molar-refractivity contribution in [1.29, 1.82) is 0 Å². The molecule has 1 aromatic rings. The molecule has 1 aliphatic heterocycles. The number of rotatable bonds is 3. The molecule has 0 radical (unpaired) electrons. The molecule has 1 atom stereocenters. The second kappa shape index (κ2) is 3.99. The lowest BCUT2D eigenvalue weighted by Crippen LogP contribution is -2.48. The van der Waals surface area contributed by atoms with Gasteiger partial charge in [0.2, 0.25) is 5.91 Å². The summed E-state index contributed by atoms with van der Waals surface area (Å²) in [5, 5.41) is 19.5. The molecule has 0 aliphatic carbocycles. The SMILES string of the molecule is CC(C)(O)c1cnnn1N1CCCC1C(N)=O. The monoisotopic (exact) mass is 239 g/mol. The summed E-state index contributed by atoms with van der Waals surface area (Å²) in [4.78, 5) is 12.8. The van der Waals surface area contributed by atoms with Gasteiger partial charge in [0, 0.05) is 6.54 Å². The molecule has 2 heterocycles. The van der Waals surface area contributed by atoms with E-state index in [0.717, 1.165) is 6.42 Å². The first-order chi connectivity index (χ1) is 7.91. The fraction of sp³-hybridized carbons (Fsp3) is 0.700. The molecule has 3 N–H and O–H groups in total. The van der Waals surface area contributed by atoms with Gasteiger partial charge in [-0.1, -0.05) is 0 Å². The molecule has 1 aliphatic rings. The predicted octanol–water partition coefficient (Wildman–Crippen LogP) is -0.909. The molecular weight excluding hydrogens is 222 g/mol. The standard InChI is InChI=1S/C10H17N5O2/c1-10(2,17)8-6-12-13-15(8)14-5-3-4-7(14)9(11)16/h6-7,17H,3-5H2,1-2H3,(H2,11,16). The molecular formula is C10H17N5O2. The third-order valence-electron chi connectivity index (χ3n) is 2.95. The van der Waals surface area contributed by atoms with Gasteiger partial charge >= 0.3 is 0 Å². The zero-order valence-corrected chi connectivity index (χ0v) is 10.00.